The van der Waals surface area contributed by atoms with E-state index in [1.807, 2.05) is 43.3 Å². The Morgan fingerprint density at radius 2 is 1.94 bits per heavy atom. The summed E-state index contributed by atoms with van der Waals surface area (Å²) in [5.41, 5.74) is 0.796. The number of hydrogen-bond donors (Lipinski definition) is 1. The Morgan fingerprint density at radius 1 is 1.28 bits per heavy atom. The van der Waals surface area contributed by atoms with Crippen molar-refractivity contribution in [3.8, 4) is 5.75 Å². The summed E-state index contributed by atoms with van der Waals surface area (Å²) in [7, 11) is 3.73. The van der Waals surface area contributed by atoms with E-state index in [0.717, 1.165) is 30.9 Å². The molecule has 4 nitrogen and oxygen atoms in total. The number of nitrogens with zero attached hydrogens (tertiary/aromatic N) is 1. The Balaban J connectivity index is 2.42. The minimum absolute atomic E-state index is 0.0142. The molecule has 0 saturated carbocycles. The van der Waals surface area contributed by atoms with Crippen LogP contribution in [0.5, 0.6) is 5.75 Å². The molecule has 0 saturated heterocycles. The van der Waals surface area contributed by atoms with Crippen LogP contribution >= 0.6 is 0 Å². The van der Waals surface area contributed by atoms with Crippen molar-refractivity contribution in [3.05, 3.63) is 24.3 Å². The maximum absolute atomic E-state index is 11.5. The van der Waals surface area contributed by atoms with Gasteiger partial charge in [-0.2, -0.15) is 0 Å². The monoisotopic (exact) mass is 250 g/mol. The molecule has 4 heteroatoms. The molecule has 0 bridgehead atoms. The number of hydrogen-bond acceptors (Lipinski definition) is 3. The summed E-state index contributed by atoms with van der Waals surface area (Å²) >= 11 is 0. The van der Waals surface area contributed by atoms with Crippen molar-refractivity contribution in [1.29, 1.82) is 0 Å². The number of amides is 1. The van der Waals surface area contributed by atoms with Gasteiger partial charge in [-0.3, -0.25) is 4.79 Å². The van der Waals surface area contributed by atoms with Crippen molar-refractivity contribution in [2.45, 2.75) is 19.8 Å². The number of ether oxygens (including phenoxy) is 1. The molecule has 0 aliphatic heterocycles. The van der Waals surface area contributed by atoms with Crippen molar-refractivity contribution in [2.75, 3.05) is 32.6 Å². The molecule has 0 aliphatic carbocycles. The third-order valence-electron chi connectivity index (χ3n) is 2.36. The van der Waals surface area contributed by atoms with E-state index in [1.54, 1.807) is 0 Å². The zero-order valence-electron chi connectivity index (χ0n) is 11.4. The Morgan fingerprint density at radius 3 is 2.50 bits per heavy atom. The lowest BCUT2D eigenvalue weighted by molar-refractivity contribution is -0.116. The topological polar surface area (TPSA) is 41.6 Å². The fraction of sp³-hybridized carbons (Fsp3) is 0.500. The summed E-state index contributed by atoms with van der Waals surface area (Å²) in [5.74, 6) is 0.828. The third-order valence-corrected chi connectivity index (χ3v) is 2.36. The lowest BCUT2D eigenvalue weighted by Gasteiger charge is -2.10. The first-order valence-electron chi connectivity index (χ1n) is 6.29. The average Bonchev–Trinajstić information content (AvgIpc) is 2.30. The quantitative estimate of drug-likeness (QED) is 0.755. The molecular weight excluding hydrogens is 228 g/mol. The largest absolute Gasteiger partial charge is 0.494 e. The highest BCUT2D eigenvalue weighted by Gasteiger charge is 2.03. The first kappa shape index (κ1) is 14.5. The smallest absolute Gasteiger partial charge is 0.238 e. The van der Waals surface area contributed by atoms with Crippen molar-refractivity contribution in [1.82, 2.24) is 4.90 Å². The van der Waals surface area contributed by atoms with Crippen LogP contribution in [0, 0.1) is 0 Å². The predicted molar refractivity (Wildman–Crippen MR) is 74.0 cm³/mol. The highest BCUT2D eigenvalue weighted by molar-refractivity contribution is 5.92. The molecular formula is C14H22N2O2. The van der Waals surface area contributed by atoms with Crippen LogP contribution in [-0.4, -0.2) is 38.1 Å². The molecule has 0 heterocycles. The summed E-state index contributed by atoms with van der Waals surface area (Å²) in [4.78, 5) is 13.4. The fourth-order valence-electron chi connectivity index (χ4n) is 1.46. The van der Waals surface area contributed by atoms with Gasteiger partial charge < -0.3 is 15.0 Å². The van der Waals surface area contributed by atoms with Crippen molar-refractivity contribution < 1.29 is 9.53 Å². The van der Waals surface area contributed by atoms with E-state index in [-0.39, 0.29) is 5.91 Å². The molecule has 18 heavy (non-hydrogen) atoms. The SMILES string of the molecule is CCCCOc1ccc(NC(=O)CN(C)C)cc1. The summed E-state index contributed by atoms with van der Waals surface area (Å²) < 4.78 is 5.55. The molecule has 100 valence electrons. The van der Waals surface area contributed by atoms with Gasteiger partial charge in [0.05, 0.1) is 13.2 Å². The van der Waals surface area contributed by atoms with Gasteiger partial charge >= 0.3 is 0 Å². The molecule has 1 amide bonds. The van der Waals surface area contributed by atoms with Crippen LogP contribution in [0.25, 0.3) is 0 Å². The molecule has 1 N–H and O–H groups in total. The molecule has 1 aromatic carbocycles. The highest BCUT2D eigenvalue weighted by atomic mass is 16.5. The van der Waals surface area contributed by atoms with Gasteiger partial charge in [0.25, 0.3) is 0 Å². The van der Waals surface area contributed by atoms with E-state index in [9.17, 15) is 4.79 Å². The zero-order chi connectivity index (χ0) is 13.4. The third kappa shape index (κ3) is 5.68. The summed E-state index contributed by atoms with van der Waals surface area (Å²) in [6, 6.07) is 7.46. The number of anilines is 1. The van der Waals surface area contributed by atoms with E-state index in [2.05, 4.69) is 12.2 Å². The average molecular weight is 250 g/mol. The molecule has 1 rings (SSSR count). The second kappa shape index (κ2) is 7.71. The van der Waals surface area contributed by atoms with Gasteiger partial charge in [0.1, 0.15) is 5.75 Å². The molecule has 1 aromatic rings. The molecule has 0 atom stereocenters. The molecule has 0 fully saturated rings. The molecule has 0 aromatic heterocycles. The van der Waals surface area contributed by atoms with Crippen LogP contribution in [-0.2, 0) is 4.79 Å². The number of unbranched alkanes of at least 4 members (excludes halogenated alkanes) is 1. The number of benzene rings is 1. The summed E-state index contributed by atoms with van der Waals surface area (Å²) in [6.45, 7) is 3.25. The van der Waals surface area contributed by atoms with E-state index in [1.165, 1.54) is 0 Å². The lowest BCUT2D eigenvalue weighted by atomic mass is 10.3. The van der Waals surface area contributed by atoms with E-state index < -0.39 is 0 Å². The number of likely N-dealkylation sites (N-methyl/N-ethyl adjacent to an activating group) is 1. The normalized spacial score (nSPS) is 10.4. The number of carbonyl (C=O) groups excluding carboxylic acids is 1. The van der Waals surface area contributed by atoms with Gasteiger partial charge in [0, 0.05) is 5.69 Å². The van der Waals surface area contributed by atoms with Crippen LogP contribution < -0.4 is 10.1 Å². The van der Waals surface area contributed by atoms with E-state index >= 15 is 0 Å². The molecule has 0 unspecified atom stereocenters. The first-order valence-corrected chi connectivity index (χ1v) is 6.29. The lowest BCUT2D eigenvalue weighted by Crippen LogP contribution is -2.27. The Hall–Kier alpha value is -1.55. The van der Waals surface area contributed by atoms with E-state index in [4.69, 9.17) is 4.74 Å². The maximum atomic E-state index is 11.5. The van der Waals surface area contributed by atoms with Crippen LogP contribution in [0.2, 0.25) is 0 Å². The van der Waals surface area contributed by atoms with Gasteiger partial charge in [-0.15, -0.1) is 0 Å². The Bertz CT molecular complexity index is 361. The van der Waals surface area contributed by atoms with Gasteiger partial charge in [-0.1, -0.05) is 13.3 Å². The maximum Gasteiger partial charge on any atom is 0.238 e. The second-order valence-electron chi connectivity index (χ2n) is 4.51. The minimum atomic E-state index is -0.0142. The zero-order valence-corrected chi connectivity index (χ0v) is 11.4. The van der Waals surface area contributed by atoms with Crippen molar-refractivity contribution >= 4 is 11.6 Å². The number of nitrogens with one attached hydrogen (secondary N) is 1. The van der Waals surface area contributed by atoms with E-state index in [0.29, 0.717) is 6.54 Å². The molecule has 0 aliphatic rings. The Labute approximate surface area is 109 Å². The van der Waals surface area contributed by atoms with Crippen LogP contribution in [0.3, 0.4) is 0 Å². The summed E-state index contributed by atoms with van der Waals surface area (Å²) in [6.07, 6.45) is 2.18. The first-order chi connectivity index (χ1) is 8.61. The minimum Gasteiger partial charge on any atom is -0.494 e. The van der Waals surface area contributed by atoms with Crippen molar-refractivity contribution in [3.63, 3.8) is 0 Å². The van der Waals surface area contributed by atoms with Gasteiger partial charge in [0.2, 0.25) is 5.91 Å². The second-order valence-corrected chi connectivity index (χ2v) is 4.51. The van der Waals surface area contributed by atoms with Crippen LogP contribution in [0.15, 0.2) is 24.3 Å². The van der Waals surface area contributed by atoms with Gasteiger partial charge in [0.15, 0.2) is 0 Å². The van der Waals surface area contributed by atoms with Crippen LogP contribution in [0.4, 0.5) is 5.69 Å². The van der Waals surface area contributed by atoms with Gasteiger partial charge in [-0.25, -0.2) is 0 Å². The van der Waals surface area contributed by atoms with Gasteiger partial charge in [-0.05, 0) is 44.8 Å². The number of carbonyl (C=O) groups is 1. The summed E-state index contributed by atoms with van der Waals surface area (Å²) in [5, 5.41) is 2.83. The number of rotatable bonds is 7. The highest BCUT2D eigenvalue weighted by Crippen LogP contribution is 2.15. The molecule has 0 spiro atoms. The Kier molecular flexibility index (Phi) is 6.22. The predicted octanol–water partition coefficient (Wildman–Crippen LogP) is 2.37. The van der Waals surface area contributed by atoms with Crippen LogP contribution in [0.1, 0.15) is 19.8 Å². The fourth-order valence-corrected chi connectivity index (χ4v) is 1.46. The standard InChI is InChI=1S/C14H22N2O2/c1-4-5-10-18-13-8-6-12(7-9-13)15-14(17)11-16(2)3/h6-9H,4-5,10-11H2,1-3H3,(H,15,17). The molecule has 0 radical (unpaired) electrons. The van der Waals surface area contributed by atoms with Crippen molar-refractivity contribution in [2.24, 2.45) is 0 Å².